The summed E-state index contributed by atoms with van der Waals surface area (Å²) in [6.45, 7) is 6.73. The molecule has 0 spiro atoms. The lowest BCUT2D eigenvalue weighted by Crippen LogP contribution is -2.17. The minimum absolute atomic E-state index is 0.0542. The summed E-state index contributed by atoms with van der Waals surface area (Å²) in [7, 11) is -3.92. The maximum atomic E-state index is 12.1. The van der Waals surface area contributed by atoms with Crippen molar-refractivity contribution in [3.8, 4) is 0 Å². The van der Waals surface area contributed by atoms with E-state index in [0.717, 1.165) is 25.7 Å². The lowest BCUT2D eigenvalue weighted by molar-refractivity contribution is 0.0499. The van der Waals surface area contributed by atoms with Crippen LogP contribution in [0.1, 0.15) is 55.5 Å². The fourth-order valence-electron chi connectivity index (χ4n) is 2.08. The summed E-state index contributed by atoms with van der Waals surface area (Å²) in [6, 6.07) is 2.90. The normalized spacial score (nSPS) is 11.3. The second-order valence-corrected chi connectivity index (χ2v) is 6.99. The van der Waals surface area contributed by atoms with Crippen molar-refractivity contribution < 1.29 is 17.9 Å². The second kappa shape index (κ2) is 8.88. The Balaban J connectivity index is 3.15. The molecule has 3 N–H and O–H groups in total. The lowest BCUT2D eigenvalue weighted by atomic mass is 10.1. The zero-order valence-corrected chi connectivity index (χ0v) is 14.8. The highest BCUT2D eigenvalue weighted by atomic mass is 32.2. The Morgan fingerprint density at radius 1 is 1.22 bits per heavy atom. The molecule has 0 saturated heterocycles. The molecule has 6 nitrogen and oxygen atoms in total. The maximum Gasteiger partial charge on any atom is 0.338 e. The number of benzene rings is 1. The predicted molar refractivity (Wildman–Crippen MR) is 91.1 cm³/mol. The predicted octanol–water partition coefficient (Wildman–Crippen LogP) is 2.81. The number of unbranched alkanes of at least 4 members (excludes halogenated alkanes) is 2. The molecule has 0 aliphatic rings. The molecule has 23 heavy (non-hydrogen) atoms. The zero-order valence-electron chi connectivity index (χ0n) is 14.0. The molecular formula is C16H26N2O4S. The number of hydrogen-bond donors (Lipinski definition) is 2. The van der Waals surface area contributed by atoms with Crippen molar-refractivity contribution in [2.75, 3.05) is 18.5 Å². The molecular weight excluding hydrogens is 316 g/mol. The van der Waals surface area contributed by atoms with Gasteiger partial charge < -0.3 is 10.1 Å². The number of esters is 1. The third-order valence-corrected chi connectivity index (χ3v) is 4.52. The number of rotatable bonds is 9. The number of primary sulfonamides is 1. The van der Waals surface area contributed by atoms with Gasteiger partial charge in [0.1, 0.15) is 0 Å². The first-order chi connectivity index (χ1) is 10.8. The molecule has 0 amide bonds. The van der Waals surface area contributed by atoms with Crippen LogP contribution in [0.25, 0.3) is 0 Å². The summed E-state index contributed by atoms with van der Waals surface area (Å²) in [5.41, 5.74) is 1.29. The van der Waals surface area contributed by atoms with Crippen molar-refractivity contribution in [3.05, 3.63) is 23.3 Å². The number of hydrogen-bond acceptors (Lipinski definition) is 5. The molecule has 0 unspecified atom stereocenters. The van der Waals surface area contributed by atoms with Gasteiger partial charge in [-0.2, -0.15) is 0 Å². The van der Waals surface area contributed by atoms with E-state index in [2.05, 4.69) is 12.2 Å². The van der Waals surface area contributed by atoms with Gasteiger partial charge in [-0.25, -0.2) is 18.4 Å². The molecule has 0 heterocycles. The van der Waals surface area contributed by atoms with E-state index in [4.69, 9.17) is 9.88 Å². The van der Waals surface area contributed by atoms with Crippen LogP contribution in [0.4, 0.5) is 5.69 Å². The fraction of sp³-hybridized carbons (Fsp3) is 0.562. The van der Waals surface area contributed by atoms with Crippen LogP contribution < -0.4 is 10.5 Å². The Hall–Kier alpha value is -1.60. The molecule has 7 heteroatoms. The van der Waals surface area contributed by atoms with Gasteiger partial charge in [-0.1, -0.05) is 26.7 Å². The molecule has 0 aliphatic heterocycles. The van der Waals surface area contributed by atoms with Crippen LogP contribution >= 0.6 is 0 Å². The van der Waals surface area contributed by atoms with E-state index in [1.54, 1.807) is 13.0 Å². The van der Waals surface area contributed by atoms with Crippen LogP contribution in [-0.2, 0) is 14.8 Å². The molecule has 1 aromatic rings. The quantitative estimate of drug-likeness (QED) is 0.531. The average molecular weight is 342 g/mol. The maximum absolute atomic E-state index is 12.1. The van der Waals surface area contributed by atoms with Crippen molar-refractivity contribution in [1.29, 1.82) is 0 Å². The number of sulfonamides is 1. The molecule has 1 aromatic carbocycles. The van der Waals surface area contributed by atoms with Gasteiger partial charge in [0.25, 0.3) is 0 Å². The van der Waals surface area contributed by atoms with E-state index in [9.17, 15) is 13.2 Å². The summed E-state index contributed by atoms with van der Waals surface area (Å²) in [6.07, 6.45) is 3.62. The standard InChI is InChI=1S/C16H26N2O4S/c1-4-6-8-18-14-10-13(16(19)22-9-7-5-2)11-15(12(14)3)23(17,20)21/h10-11,18H,4-9H2,1-3H3,(H2,17,20,21). The van der Waals surface area contributed by atoms with Gasteiger partial charge in [-0.15, -0.1) is 0 Å². The van der Waals surface area contributed by atoms with Crippen molar-refractivity contribution >= 4 is 21.7 Å². The summed E-state index contributed by atoms with van der Waals surface area (Å²) in [5.74, 6) is -0.540. The van der Waals surface area contributed by atoms with Gasteiger partial charge in [0.15, 0.2) is 0 Å². The molecule has 0 bridgehead atoms. The second-order valence-electron chi connectivity index (χ2n) is 5.46. The van der Waals surface area contributed by atoms with Gasteiger partial charge in [-0.3, -0.25) is 0 Å². The van der Waals surface area contributed by atoms with Crippen LogP contribution in [0, 0.1) is 6.92 Å². The minimum atomic E-state index is -3.92. The smallest absolute Gasteiger partial charge is 0.338 e. The van der Waals surface area contributed by atoms with E-state index in [1.165, 1.54) is 6.07 Å². The molecule has 0 radical (unpaired) electrons. The van der Waals surface area contributed by atoms with Gasteiger partial charge in [-0.05, 0) is 37.5 Å². The van der Waals surface area contributed by atoms with Crippen LogP contribution in [-0.4, -0.2) is 27.5 Å². The number of ether oxygens (including phenoxy) is 1. The number of nitrogens with two attached hydrogens (primary N) is 1. The largest absolute Gasteiger partial charge is 0.462 e. The van der Waals surface area contributed by atoms with Crippen LogP contribution in [0.3, 0.4) is 0 Å². The first-order valence-electron chi connectivity index (χ1n) is 7.89. The summed E-state index contributed by atoms with van der Waals surface area (Å²) in [4.78, 5) is 12.1. The molecule has 0 atom stereocenters. The van der Waals surface area contributed by atoms with Crippen LogP contribution in [0.15, 0.2) is 17.0 Å². The Bertz CT molecular complexity index is 642. The molecule has 0 aliphatic carbocycles. The van der Waals surface area contributed by atoms with Crippen molar-refractivity contribution in [3.63, 3.8) is 0 Å². The van der Waals surface area contributed by atoms with Crippen molar-refractivity contribution in [1.82, 2.24) is 0 Å². The van der Waals surface area contributed by atoms with E-state index in [0.29, 0.717) is 24.4 Å². The van der Waals surface area contributed by atoms with Crippen molar-refractivity contribution in [2.24, 2.45) is 5.14 Å². The average Bonchev–Trinajstić information content (AvgIpc) is 2.48. The van der Waals surface area contributed by atoms with Gasteiger partial charge >= 0.3 is 5.97 Å². The molecule has 0 fully saturated rings. The Morgan fingerprint density at radius 2 is 1.87 bits per heavy atom. The minimum Gasteiger partial charge on any atom is -0.462 e. The third-order valence-electron chi connectivity index (χ3n) is 3.48. The number of carbonyl (C=O) groups excluding carboxylic acids is 1. The van der Waals surface area contributed by atoms with Gasteiger partial charge in [0.05, 0.1) is 17.1 Å². The summed E-state index contributed by atoms with van der Waals surface area (Å²) >= 11 is 0. The summed E-state index contributed by atoms with van der Waals surface area (Å²) < 4.78 is 28.7. The first kappa shape index (κ1) is 19.4. The Labute approximate surface area is 138 Å². The lowest BCUT2D eigenvalue weighted by Gasteiger charge is -2.14. The monoisotopic (exact) mass is 342 g/mol. The van der Waals surface area contributed by atoms with Crippen LogP contribution in [0.5, 0.6) is 0 Å². The Morgan fingerprint density at radius 3 is 2.43 bits per heavy atom. The van der Waals surface area contributed by atoms with Crippen LogP contribution in [0.2, 0.25) is 0 Å². The molecule has 0 saturated carbocycles. The number of carbonyl (C=O) groups is 1. The summed E-state index contributed by atoms with van der Waals surface area (Å²) in [5, 5.41) is 8.43. The third kappa shape index (κ3) is 5.84. The van der Waals surface area contributed by atoms with E-state index < -0.39 is 16.0 Å². The molecule has 0 aromatic heterocycles. The van der Waals surface area contributed by atoms with Gasteiger partial charge in [0.2, 0.25) is 10.0 Å². The van der Waals surface area contributed by atoms with E-state index >= 15 is 0 Å². The number of anilines is 1. The van der Waals surface area contributed by atoms with Crippen molar-refractivity contribution in [2.45, 2.75) is 51.3 Å². The molecule has 1 rings (SSSR count). The van der Waals surface area contributed by atoms with E-state index in [1.807, 2.05) is 6.92 Å². The topological polar surface area (TPSA) is 98.5 Å². The highest BCUT2D eigenvalue weighted by Crippen LogP contribution is 2.25. The highest BCUT2D eigenvalue weighted by molar-refractivity contribution is 7.89. The fourth-order valence-corrected chi connectivity index (χ4v) is 2.90. The SMILES string of the molecule is CCCCNc1cc(C(=O)OCCCC)cc(S(N)(=O)=O)c1C. The Kier molecular flexibility index (Phi) is 7.51. The molecule has 130 valence electrons. The van der Waals surface area contributed by atoms with E-state index in [-0.39, 0.29) is 10.5 Å². The first-order valence-corrected chi connectivity index (χ1v) is 9.44. The highest BCUT2D eigenvalue weighted by Gasteiger charge is 2.19. The zero-order chi connectivity index (χ0) is 17.5. The number of nitrogens with one attached hydrogen (secondary N) is 1. The van der Waals surface area contributed by atoms with Gasteiger partial charge in [0, 0.05) is 12.2 Å².